The lowest BCUT2D eigenvalue weighted by Gasteiger charge is -2.28. The van der Waals surface area contributed by atoms with Crippen molar-refractivity contribution in [2.45, 2.75) is 18.9 Å². The molecule has 3 aromatic carbocycles. The van der Waals surface area contributed by atoms with E-state index in [1.165, 1.54) is 0 Å². The van der Waals surface area contributed by atoms with Gasteiger partial charge in [0, 0.05) is 31.8 Å². The molecule has 0 bridgehead atoms. The average Bonchev–Trinajstić information content (AvgIpc) is 3.27. The highest BCUT2D eigenvalue weighted by atomic mass is 16.2. The van der Waals surface area contributed by atoms with Crippen molar-refractivity contribution < 1.29 is 4.79 Å². The largest absolute Gasteiger partial charge is 0.333 e. The van der Waals surface area contributed by atoms with Gasteiger partial charge < -0.3 is 4.90 Å². The fourth-order valence-corrected chi connectivity index (χ4v) is 4.41. The molecule has 0 aliphatic carbocycles. The minimum atomic E-state index is -0.247. The molecule has 0 fully saturated rings. The average molecular weight is 447 g/mol. The van der Waals surface area contributed by atoms with Crippen LogP contribution in [0.1, 0.15) is 29.5 Å². The number of fused-ring (bicyclic) bond motifs is 1. The molecule has 5 heteroatoms. The van der Waals surface area contributed by atoms with Crippen LogP contribution in [0.15, 0.2) is 109 Å². The Hall–Kier alpha value is -4.25. The SMILES string of the molecule is CN(C(=O)CCc1nc2ccccc2n1-c1ccccc1)C(c1ccccc1)c1ccccn1. The van der Waals surface area contributed by atoms with Crippen molar-refractivity contribution in [3.63, 3.8) is 0 Å². The van der Waals surface area contributed by atoms with Gasteiger partial charge in [0.1, 0.15) is 5.82 Å². The maximum atomic E-state index is 13.4. The number of hydrogen-bond acceptors (Lipinski definition) is 3. The van der Waals surface area contributed by atoms with Gasteiger partial charge in [-0.2, -0.15) is 0 Å². The molecule has 168 valence electrons. The molecule has 0 spiro atoms. The van der Waals surface area contributed by atoms with Crippen molar-refractivity contribution in [1.29, 1.82) is 0 Å². The number of carbonyl (C=O) groups excluding carboxylic acids is 1. The summed E-state index contributed by atoms with van der Waals surface area (Å²) in [7, 11) is 1.86. The highest BCUT2D eigenvalue weighted by Crippen LogP contribution is 2.27. The van der Waals surface area contributed by atoms with Crippen LogP contribution in [0.3, 0.4) is 0 Å². The van der Waals surface area contributed by atoms with Crippen LogP contribution in [0.5, 0.6) is 0 Å². The van der Waals surface area contributed by atoms with Gasteiger partial charge in [0.15, 0.2) is 0 Å². The van der Waals surface area contributed by atoms with E-state index in [0.717, 1.165) is 33.8 Å². The van der Waals surface area contributed by atoms with Gasteiger partial charge >= 0.3 is 0 Å². The van der Waals surface area contributed by atoms with Crippen LogP contribution in [-0.2, 0) is 11.2 Å². The Bertz CT molecular complexity index is 1340. The molecule has 0 radical (unpaired) electrons. The van der Waals surface area contributed by atoms with E-state index in [1.54, 1.807) is 11.1 Å². The number of imidazole rings is 1. The first-order chi connectivity index (χ1) is 16.7. The normalized spacial score (nSPS) is 11.9. The number of para-hydroxylation sites is 3. The van der Waals surface area contributed by atoms with Gasteiger partial charge in [0.2, 0.25) is 5.91 Å². The minimum Gasteiger partial charge on any atom is -0.333 e. The topological polar surface area (TPSA) is 51.0 Å². The van der Waals surface area contributed by atoms with Gasteiger partial charge in [-0.25, -0.2) is 4.98 Å². The quantitative estimate of drug-likeness (QED) is 0.327. The molecule has 0 aliphatic rings. The predicted octanol–water partition coefficient (Wildman–Crippen LogP) is 5.60. The molecule has 0 saturated heterocycles. The van der Waals surface area contributed by atoms with E-state index in [2.05, 4.69) is 27.8 Å². The number of pyridine rings is 1. The monoisotopic (exact) mass is 446 g/mol. The maximum absolute atomic E-state index is 13.4. The zero-order chi connectivity index (χ0) is 23.3. The van der Waals surface area contributed by atoms with Gasteiger partial charge in [-0.3, -0.25) is 14.3 Å². The summed E-state index contributed by atoms with van der Waals surface area (Å²) in [6.45, 7) is 0. The van der Waals surface area contributed by atoms with Crippen LogP contribution in [0.4, 0.5) is 0 Å². The molecule has 5 aromatic rings. The molecule has 1 amide bonds. The molecule has 2 aromatic heterocycles. The smallest absolute Gasteiger partial charge is 0.223 e. The number of amides is 1. The molecule has 2 heterocycles. The highest BCUT2D eigenvalue weighted by Gasteiger charge is 2.25. The Balaban J connectivity index is 1.43. The number of carbonyl (C=O) groups is 1. The third kappa shape index (κ3) is 4.33. The van der Waals surface area contributed by atoms with Crippen molar-refractivity contribution >= 4 is 16.9 Å². The van der Waals surface area contributed by atoms with Gasteiger partial charge in [-0.15, -0.1) is 0 Å². The Morgan fingerprint density at radius 1 is 0.853 bits per heavy atom. The number of hydrogen-bond donors (Lipinski definition) is 0. The summed E-state index contributed by atoms with van der Waals surface area (Å²) in [5.41, 5.74) is 4.90. The van der Waals surface area contributed by atoms with Crippen LogP contribution >= 0.6 is 0 Å². The van der Waals surface area contributed by atoms with Crippen LogP contribution in [0, 0.1) is 0 Å². The van der Waals surface area contributed by atoms with Crippen molar-refractivity contribution in [1.82, 2.24) is 19.4 Å². The van der Waals surface area contributed by atoms with Crippen molar-refractivity contribution in [3.05, 3.63) is 126 Å². The second-order valence-corrected chi connectivity index (χ2v) is 8.26. The van der Waals surface area contributed by atoms with E-state index in [0.29, 0.717) is 12.8 Å². The summed E-state index contributed by atoms with van der Waals surface area (Å²) in [6, 6.07) is 33.9. The maximum Gasteiger partial charge on any atom is 0.223 e. The summed E-state index contributed by atoms with van der Waals surface area (Å²) in [5, 5.41) is 0. The van der Waals surface area contributed by atoms with E-state index in [9.17, 15) is 4.79 Å². The Kier molecular flexibility index (Phi) is 6.17. The lowest BCUT2D eigenvalue weighted by molar-refractivity contribution is -0.131. The van der Waals surface area contributed by atoms with Crippen molar-refractivity contribution in [2.24, 2.45) is 0 Å². The second-order valence-electron chi connectivity index (χ2n) is 8.26. The molecule has 34 heavy (non-hydrogen) atoms. The van der Waals surface area contributed by atoms with Gasteiger partial charge in [0.05, 0.1) is 22.8 Å². The second kappa shape index (κ2) is 9.71. The van der Waals surface area contributed by atoms with Crippen LogP contribution in [0.25, 0.3) is 16.7 Å². The van der Waals surface area contributed by atoms with Gasteiger partial charge in [-0.05, 0) is 42.0 Å². The van der Waals surface area contributed by atoms with Gasteiger partial charge in [0.25, 0.3) is 0 Å². The lowest BCUT2D eigenvalue weighted by atomic mass is 10.0. The minimum absolute atomic E-state index is 0.0474. The van der Waals surface area contributed by atoms with E-state index < -0.39 is 0 Å². The Morgan fingerprint density at radius 2 is 1.53 bits per heavy atom. The molecule has 0 saturated carbocycles. The van der Waals surface area contributed by atoms with Crippen LogP contribution in [-0.4, -0.2) is 32.4 Å². The van der Waals surface area contributed by atoms with Crippen LogP contribution in [0.2, 0.25) is 0 Å². The zero-order valence-corrected chi connectivity index (χ0v) is 19.1. The number of benzene rings is 3. The fourth-order valence-electron chi connectivity index (χ4n) is 4.41. The molecular formula is C29H26N4O. The first kappa shape index (κ1) is 21.6. The summed E-state index contributed by atoms with van der Waals surface area (Å²) in [6.07, 6.45) is 2.66. The van der Waals surface area contributed by atoms with E-state index in [1.807, 2.05) is 92.0 Å². The first-order valence-electron chi connectivity index (χ1n) is 11.5. The van der Waals surface area contributed by atoms with Gasteiger partial charge in [-0.1, -0.05) is 66.7 Å². The Labute approximate surface area is 199 Å². The zero-order valence-electron chi connectivity index (χ0n) is 19.1. The van der Waals surface area contributed by atoms with E-state index >= 15 is 0 Å². The molecule has 0 N–H and O–H groups in total. The fraction of sp³-hybridized carbons (Fsp3) is 0.138. The van der Waals surface area contributed by atoms with Crippen molar-refractivity contribution in [3.8, 4) is 5.69 Å². The highest BCUT2D eigenvalue weighted by molar-refractivity contribution is 5.79. The number of nitrogens with zero attached hydrogens (tertiary/aromatic N) is 4. The van der Waals surface area contributed by atoms with Crippen LogP contribution < -0.4 is 0 Å². The molecule has 5 rings (SSSR count). The summed E-state index contributed by atoms with van der Waals surface area (Å²) in [4.78, 5) is 24.6. The summed E-state index contributed by atoms with van der Waals surface area (Å²) in [5.74, 6) is 0.925. The Morgan fingerprint density at radius 3 is 2.26 bits per heavy atom. The standard InChI is InChI=1S/C29H26N4O/c1-32(29(22-12-4-2-5-13-22)25-17-10-11-21-30-25)28(34)20-19-27-31-24-16-8-9-18-26(24)33(27)23-14-6-3-7-15-23/h2-18,21,29H,19-20H2,1H3. The van der Waals surface area contributed by atoms with Crippen molar-refractivity contribution in [2.75, 3.05) is 7.05 Å². The third-order valence-corrected chi connectivity index (χ3v) is 6.07. The molecule has 0 aliphatic heterocycles. The number of aromatic nitrogens is 3. The lowest BCUT2D eigenvalue weighted by Crippen LogP contribution is -2.32. The van der Waals surface area contributed by atoms with E-state index in [-0.39, 0.29) is 11.9 Å². The van der Waals surface area contributed by atoms with E-state index in [4.69, 9.17) is 4.98 Å². The predicted molar refractivity (Wildman–Crippen MR) is 135 cm³/mol. The first-order valence-corrected chi connectivity index (χ1v) is 11.5. The molecule has 1 unspecified atom stereocenters. The number of aryl methyl sites for hydroxylation is 1. The molecule has 5 nitrogen and oxygen atoms in total. The summed E-state index contributed by atoms with van der Waals surface area (Å²) >= 11 is 0. The molecular weight excluding hydrogens is 420 g/mol. The molecule has 1 atom stereocenters. The summed E-state index contributed by atoms with van der Waals surface area (Å²) < 4.78 is 2.15. The third-order valence-electron chi connectivity index (χ3n) is 6.07. The number of rotatable bonds is 7.